The van der Waals surface area contributed by atoms with Crippen LogP contribution in [-0.2, 0) is 4.79 Å². The fraction of sp³-hybridized carbons (Fsp3) is 0.286. The molecule has 0 aromatic carbocycles. The summed E-state index contributed by atoms with van der Waals surface area (Å²) in [6, 6.07) is 0. The maximum Gasteiger partial charge on any atom is 0.329 e. The molecule has 0 radical (unpaired) electrons. The Labute approximate surface area is 95.7 Å². The first-order chi connectivity index (χ1) is 8.08. The molecule has 10 heteroatoms. The minimum atomic E-state index is -0.660. The van der Waals surface area contributed by atoms with Crippen LogP contribution in [0.3, 0.4) is 0 Å². The van der Waals surface area contributed by atoms with Gasteiger partial charge in [-0.3, -0.25) is 20.3 Å². The molecule has 1 aromatic rings. The number of rotatable bonds is 5. The van der Waals surface area contributed by atoms with Gasteiger partial charge in [0.15, 0.2) is 0 Å². The van der Waals surface area contributed by atoms with E-state index < -0.39 is 4.92 Å². The Balaban J connectivity index is 2.93. The third-order valence-electron chi connectivity index (χ3n) is 1.79. The number of nitro groups is 1. The van der Waals surface area contributed by atoms with E-state index >= 15 is 0 Å². The lowest BCUT2D eigenvalue weighted by molar-refractivity contribution is -0.384. The van der Waals surface area contributed by atoms with Crippen molar-refractivity contribution >= 4 is 23.4 Å². The monoisotopic (exact) mass is 241 g/mol. The van der Waals surface area contributed by atoms with Crippen LogP contribution >= 0.6 is 0 Å². The number of likely N-dealkylation sites (N-methyl/N-ethyl adjacent to an activating group) is 1. The summed E-state index contributed by atoms with van der Waals surface area (Å²) in [5, 5.41) is 15.5. The van der Waals surface area contributed by atoms with Crippen molar-refractivity contribution in [2.75, 3.05) is 24.3 Å². The van der Waals surface area contributed by atoms with Crippen LogP contribution in [0.5, 0.6) is 0 Å². The van der Waals surface area contributed by atoms with E-state index in [1.165, 1.54) is 7.05 Å². The highest BCUT2D eigenvalue weighted by Gasteiger charge is 2.17. The molecule has 17 heavy (non-hydrogen) atoms. The lowest BCUT2D eigenvalue weighted by Gasteiger charge is -2.06. The van der Waals surface area contributed by atoms with Gasteiger partial charge in [-0.15, -0.1) is 0 Å². The minimum Gasteiger partial charge on any atom is -0.358 e. The highest BCUT2D eigenvalue weighted by Crippen LogP contribution is 2.21. The van der Waals surface area contributed by atoms with Crippen molar-refractivity contribution in [2.24, 2.45) is 5.84 Å². The zero-order chi connectivity index (χ0) is 12.8. The summed E-state index contributed by atoms with van der Waals surface area (Å²) in [6.07, 6.45) is 0.994. The van der Waals surface area contributed by atoms with Crippen LogP contribution in [0.2, 0.25) is 0 Å². The molecule has 0 saturated heterocycles. The number of hydrazine groups is 1. The number of aromatic nitrogens is 2. The Morgan fingerprint density at radius 3 is 2.88 bits per heavy atom. The summed E-state index contributed by atoms with van der Waals surface area (Å²) in [5.41, 5.74) is 1.81. The van der Waals surface area contributed by atoms with Crippen molar-refractivity contribution < 1.29 is 9.72 Å². The first-order valence-electron chi connectivity index (χ1n) is 4.51. The second-order valence-electron chi connectivity index (χ2n) is 2.86. The van der Waals surface area contributed by atoms with Gasteiger partial charge in [0.05, 0.1) is 11.5 Å². The molecule has 0 spiro atoms. The van der Waals surface area contributed by atoms with Gasteiger partial charge in [-0.1, -0.05) is 0 Å². The Bertz CT molecular complexity index is 435. The van der Waals surface area contributed by atoms with Crippen LogP contribution in [0.4, 0.5) is 17.5 Å². The largest absolute Gasteiger partial charge is 0.358 e. The number of amides is 1. The molecule has 92 valence electrons. The van der Waals surface area contributed by atoms with Crippen LogP contribution in [0.1, 0.15) is 0 Å². The van der Waals surface area contributed by atoms with Gasteiger partial charge < -0.3 is 10.6 Å². The number of anilines is 2. The molecule has 1 rings (SSSR count). The summed E-state index contributed by atoms with van der Waals surface area (Å²) in [4.78, 5) is 28.3. The van der Waals surface area contributed by atoms with Gasteiger partial charge in [0.2, 0.25) is 17.7 Å². The Morgan fingerprint density at radius 2 is 2.35 bits per heavy atom. The summed E-state index contributed by atoms with van der Waals surface area (Å²) in [6.45, 7) is -0.141. The molecular formula is C7H11N7O3. The zero-order valence-corrected chi connectivity index (χ0v) is 8.93. The molecule has 0 unspecified atom stereocenters. The molecule has 1 aromatic heterocycles. The number of nitrogens with two attached hydrogens (primary N) is 1. The van der Waals surface area contributed by atoms with E-state index in [2.05, 4.69) is 26.0 Å². The van der Waals surface area contributed by atoms with Crippen molar-refractivity contribution in [3.63, 3.8) is 0 Å². The molecule has 0 atom stereocenters. The number of nitrogens with zero attached hydrogens (tertiary/aromatic N) is 3. The van der Waals surface area contributed by atoms with Crippen molar-refractivity contribution in [1.29, 1.82) is 0 Å². The Morgan fingerprint density at radius 1 is 1.65 bits per heavy atom. The fourth-order valence-corrected chi connectivity index (χ4v) is 0.961. The smallest absolute Gasteiger partial charge is 0.329 e. The van der Waals surface area contributed by atoms with Crippen molar-refractivity contribution in [3.8, 4) is 0 Å². The quantitative estimate of drug-likeness (QED) is 0.286. The average Bonchev–Trinajstić information content (AvgIpc) is 2.35. The van der Waals surface area contributed by atoms with E-state index in [-0.39, 0.29) is 29.9 Å². The maximum atomic E-state index is 11.0. The van der Waals surface area contributed by atoms with Gasteiger partial charge in [0, 0.05) is 7.05 Å². The van der Waals surface area contributed by atoms with E-state index in [0.29, 0.717) is 0 Å². The van der Waals surface area contributed by atoms with Gasteiger partial charge in [0.1, 0.15) is 6.20 Å². The molecule has 0 aliphatic rings. The van der Waals surface area contributed by atoms with Crippen LogP contribution in [-0.4, -0.2) is 34.4 Å². The first-order valence-corrected chi connectivity index (χ1v) is 4.51. The maximum absolute atomic E-state index is 11.0. The van der Waals surface area contributed by atoms with Gasteiger partial charge in [0.25, 0.3) is 0 Å². The van der Waals surface area contributed by atoms with Gasteiger partial charge >= 0.3 is 5.69 Å². The lowest BCUT2D eigenvalue weighted by Crippen LogP contribution is -2.27. The number of hydrogen-bond acceptors (Lipinski definition) is 8. The highest BCUT2D eigenvalue weighted by molar-refractivity contribution is 5.80. The Hall–Kier alpha value is -2.49. The van der Waals surface area contributed by atoms with Crippen LogP contribution in [0, 0.1) is 10.1 Å². The molecule has 0 aliphatic carbocycles. The summed E-state index contributed by atoms with van der Waals surface area (Å²) in [7, 11) is 1.45. The van der Waals surface area contributed by atoms with Crippen molar-refractivity contribution in [1.82, 2.24) is 15.3 Å². The minimum absolute atomic E-state index is 0.00927. The van der Waals surface area contributed by atoms with E-state index in [0.717, 1.165) is 6.20 Å². The third kappa shape index (κ3) is 3.24. The summed E-state index contributed by atoms with van der Waals surface area (Å²) in [5.74, 6) is 4.67. The topological polar surface area (TPSA) is 148 Å². The Kier molecular flexibility index (Phi) is 4.11. The SMILES string of the molecule is CNC(=O)CNc1nc(NN)ncc1[N+](=O)[O-]. The van der Waals surface area contributed by atoms with Gasteiger partial charge in [-0.2, -0.15) is 4.98 Å². The summed E-state index contributed by atoms with van der Waals surface area (Å²) >= 11 is 0. The van der Waals surface area contributed by atoms with Crippen LogP contribution in [0.15, 0.2) is 6.20 Å². The molecule has 0 bridgehead atoms. The molecule has 1 amide bonds. The number of hydrogen-bond donors (Lipinski definition) is 4. The second kappa shape index (κ2) is 5.55. The van der Waals surface area contributed by atoms with Crippen LogP contribution in [0.25, 0.3) is 0 Å². The van der Waals surface area contributed by atoms with E-state index in [9.17, 15) is 14.9 Å². The lowest BCUT2D eigenvalue weighted by atomic mass is 10.4. The third-order valence-corrected chi connectivity index (χ3v) is 1.79. The van der Waals surface area contributed by atoms with E-state index in [1.807, 2.05) is 0 Å². The first kappa shape index (κ1) is 12.6. The van der Waals surface area contributed by atoms with Crippen molar-refractivity contribution in [3.05, 3.63) is 16.3 Å². The predicted octanol–water partition coefficient (Wildman–Crippen LogP) is -1.17. The van der Waals surface area contributed by atoms with Crippen molar-refractivity contribution in [2.45, 2.75) is 0 Å². The normalized spacial score (nSPS) is 9.53. The second-order valence-corrected chi connectivity index (χ2v) is 2.86. The standard InChI is InChI=1S/C7H11N7O3/c1-9-5(15)3-10-6-4(14(16)17)2-11-7(12-6)13-8/h2H,3,8H2,1H3,(H,9,15)(H2,10,11,12,13). The number of nitrogen functional groups attached to an aromatic ring is 1. The molecule has 10 nitrogen and oxygen atoms in total. The zero-order valence-electron chi connectivity index (χ0n) is 8.93. The van der Waals surface area contributed by atoms with Gasteiger partial charge in [-0.05, 0) is 0 Å². The molecule has 0 saturated carbocycles. The fourth-order valence-electron chi connectivity index (χ4n) is 0.961. The molecule has 5 N–H and O–H groups in total. The van der Waals surface area contributed by atoms with E-state index in [1.54, 1.807) is 0 Å². The average molecular weight is 241 g/mol. The highest BCUT2D eigenvalue weighted by atomic mass is 16.6. The number of carbonyl (C=O) groups excluding carboxylic acids is 1. The molecule has 1 heterocycles. The number of carbonyl (C=O) groups is 1. The van der Waals surface area contributed by atoms with Gasteiger partial charge in [-0.25, -0.2) is 10.8 Å². The van der Waals surface area contributed by atoms with E-state index in [4.69, 9.17) is 5.84 Å². The molecule has 0 fully saturated rings. The molecular weight excluding hydrogens is 230 g/mol. The number of nitrogens with one attached hydrogen (secondary N) is 3. The summed E-state index contributed by atoms with van der Waals surface area (Å²) < 4.78 is 0. The molecule has 0 aliphatic heterocycles. The predicted molar refractivity (Wildman–Crippen MR) is 59.1 cm³/mol. The van der Waals surface area contributed by atoms with Crippen LogP contribution < -0.4 is 21.9 Å².